The molecule has 4 heteroatoms. The first-order valence-electron chi connectivity index (χ1n) is 5.26. The minimum absolute atomic E-state index is 0.0661. The Labute approximate surface area is 101 Å². The summed E-state index contributed by atoms with van der Waals surface area (Å²) in [7, 11) is 1.33. The van der Waals surface area contributed by atoms with Crippen LogP contribution in [0.25, 0.3) is 0 Å². The van der Waals surface area contributed by atoms with Crippen molar-refractivity contribution in [1.82, 2.24) is 5.32 Å². The summed E-state index contributed by atoms with van der Waals surface area (Å²) in [6.07, 6.45) is 0.00624. The number of hydrogen-bond donors (Lipinski definition) is 2. The molecule has 0 aliphatic heterocycles. The highest BCUT2D eigenvalue weighted by molar-refractivity contribution is 5.66. The Kier molecular flexibility index (Phi) is 5.62. The standard InChI is InChI=1S/C13H15NO3/c1-17-13(16)14-10-12-7-4-6-11(9-12)5-2-3-8-15/h4,6-7,9,15H,3,8,10H2,1H3,(H,14,16). The van der Waals surface area contributed by atoms with Crippen LogP contribution in [0.1, 0.15) is 17.5 Å². The van der Waals surface area contributed by atoms with Gasteiger partial charge in [-0.15, -0.1) is 0 Å². The summed E-state index contributed by atoms with van der Waals surface area (Å²) in [6, 6.07) is 7.54. The molecule has 0 aliphatic carbocycles. The van der Waals surface area contributed by atoms with E-state index in [0.29, 0.717) is 13.0 Å². The van der Waals surface area contributed by atoms with E-state index in [1.165, 1.54) is 7.11 Å². The van der Waals surface area contributed by atoms with Crippen molar-refractivity contribution in [1.29, 1.82) is 0 Å². The lowest BCUT2D eigenvalue weighted by Gasteiger charge is -2.03. The number of carbonyl (C=O) groups excluding carboxylic acids is 1. The smallest absolute Gasteiger partial charge is 0.407 e. The molecule has 0 heterocycles. The van der Waals surface area contributed by atoms with Crippen LogP contribution in [-0.4, -0.2) is 24.9 Å². The van der Waals surface area contributed by atoms with Crippen molar-refractivity contribution < 1.29 is 14.6 Å². The molecule has 0 unspecified atom stereocenters. The molecule has 0 bridgehead atoms. The van der Waals surface area contributed by atoms with Crippen LogP contribution in [0, 0.1) is 11.8 Å². The van der Waals surface area contributed by atoms with Gasteiger partial charge in [0.2, 0.25) is 0 Å². The zero-order valence-electron chi connectivity index (χ0n) is 9.69. The highest BCUT2D eigenvalue weighted by Gasteiger charge is 1.98. The fraction of sp³-hybridized carbons (Fsp3) is 0.308. The van der Waals surface area contributed by atoms with E-state index in [-0.39, 0.29) is 6.61 Å². The van der Waals surface area contributed by atoms with Crippen molar-refractivity contribution in [3.8, 4) is 11.8 Å². The Bertz CT molecular complexity index is 432. The molecular formula is C13H15NO3. The first-order valence-corrected chi connectivity index (χ1v) is 5.26. The van der Waals surface area contributed by atoms with Crippen LogP contribution in [0.2, 0.25) is 0 Å². The van der Waals surface area contributed by atoms with Gasteiger partial charge in [-0.3, -0.25) is 0 Å². The van der Waals surface area contributed by atoms with Gasteiger partial charge < -0.3 is 15.2 Å². The summed E-state index contributed by atoms with van der Waals surface area (Å²) in [5, 5.41) is 11.2. The molecule has 0 radical (unpaired) electrons. The molecule has 0 aromatic heterocycles. The van der Waals surface area contributed by atoms with Crippen molar-refractivity contribution >= 4 is 6.09 Å². The van der Waals surface area contributed by atoms with Gasteiger partial charge in [-0.1, -0.05) is 24.0 Å². The Morgan fingerprint density at radius 2 is 2.35 bits per heavy atom. The molecule has 0 atom stereocenters. The summed E-state index contributed by atoms with van der Waals surface area (Å²) >= 11 is 0. The van der Waals surface area contributed by atoms with E-state index >= 15 is 0 Å². The summed E-state index contributed by atoms with van der Waals surface area (Å²) in [5.74, 6) is 5.78. The van der Waals surface area contributed by atoms with Crippen molar-refractivity contribution in [3.05, 3.63) is 35.4 Å². The van der Waals surface area contributed by atoms with Crippen molar-refractivity contribution in [2.24, 2.45) is 0 Å². The van der Waals surface area contributed by atoms with E-state index in [0.717, 1.165) is 11.1 Å². The zero-order valence-corrected chi connectivity index (χ0v) is 9.69. The molecule has 17 heavy (non-hydrogen) atoms. The maximum atomic E-state index is 10.9. The SMILES string of the molecule is COC(=O)NCc1cccc(C#CCCO)c1. The third-order valence-electron chi connectivity index (χ3n) is 2.02. The van der Waals surface area contributed by atoms with Gasteiger partial charge in [-0.05, 0) is 17.7 Å². The summed E-state index contributed by atoms with van der Waals surface area (Å²) in [5.41, 5.74) is 1.81. The number of alkyl carbamates (subject to hydrolysis) is 1. The van der Waals surface area contributed by atoms with Gasteiger partial charge in [0, 0.05) is 18.5 Å². The van der Waals surface area contributed by atoms with E-state index < -0.39 is 6.09 Å². The number of benzene rings is 1. The Morgan fingerprint density at radius 1 is 1.53 bits per heavy atom. The van der Waals surface area contributed by atoms with Crippen LogP contribution in [0.3, 0.4) is 0 Å². The van der Waals surface area contributed by atoms with Gasteiger partial charge in [-0.2, -0.15) is 0 Å². The molecule has 90 valence electrons. The predicted molar refractivity (Wildman–Crippen MR) is 64.3 cm³/mol. The van der Waals surface area contributed by atoms with E-state index in [2.05, 4.69) is 21.9 Å². The van der Waals surface area contributed by atoms with E-state index in [1.807, 2.05) is 24.3 Å². The molecule has 1 aromatic carbocycles. The summed E-state index contributed by atoms with van der Waals surface area (Å²) in [6.45, 7) is 0.471. The van der Waals surface area contributed by atoms with Crippen LogP contribution < -0.4 is 5.32 Å². The van der Waals surface area contributed by atoms with Crippen LogP contribution >= 0.6 is 0 Å². The molecule has 1 amide bonds. The van der Waals surface area contributed by atoms with Crippen LogP contribution in [0.5, 0.6) is 0 Å². The molecule has 0 aliphatic rings. The topological polar surface area (TPSA) is 58.6 Å². The van der Waals surface area contributed by atoms with Gasteiger partial charge in [0.1, 0.15) is 0 Å². The number of aliphatic hydroxyl groups excluding tert-OH is 1. The predicted octanol–water partition coefficient (Wildman–Crippen LogP) is 1.28. The van der Waals surface area contributed by atoms with Gasteiger partial charge in [0.25, 0.3) is 0 Å². The van der Waals surface area contributed by atoms with Crippen LogP contribution in [-0.2, 0) is 11.3 Å². The highest BCUT2D eigenvalue weighted by atomic mass is 16.5. The number of carbonyl (C=O) groups is 1. The normalized spacial score (nSPS) is 9.06. The third kappa shape index (κ3) is 5.05. The number of aliphatic hydroxyl groups is 1. The molecule has 0 saturated carbocycles. The minimum Gasteiger partial charge on any atom is -0.453 e. The first kappa shape index (κ1) is 13.1. The summed E-state index contributed by atoms with van der Waals surface area (Å²) in [4.78, 5) is 10.9. The molecule has 2 N–H and O–H groups in total. The number of rotatable bonds is 3. The van der Waals surface area contributed by atoms with E-state index in [1.54, 1.807) is 0 Å². The monoisotopic (exact) mass is 233 g/mol. The van der Waals surface area contributed by atoms with Crippen LogP contribution in [0.4, 0.5) is 4.79 Å². The first-order chi connectivity index (χ1) is 8.26. The Morgan fingerprint density at radius 3 is 3.06 bits per heavy atom. The second-order valence-electron chi connectivity index (χ2n) is 3.32. The van der Waals surface area contributed by atoms with E-state index in [4.69, 9.17) is 5.11 Å². The zero-order chi connectivity index (χ0) is 12.5. The Balaban J connectivity index is 2.60. The summed E-state index contributed by atoms with van der Waals surface area (Å²) < 4.78 is 4.48. The molecule has 1 rings (SSSR count). The lowest BCUT2D eigenvalue weighted by Crippen LogP contribution is -2.22. The third-order valence-corrected chi connectivity index (χ3v) is 2.02. The van der Waals surface area contributed by atoms with Crippen molar-refractivity contribution in [2.45, 2.75) is 13.0 Å². The van der Waals surface area contributed by atoms with Gasteiger partial charge in [0.05, 0.1) is 13.7 Å². The lowest BCUT2D eigenvalue weighted by molar-refractivity contribution is 0.170. The number of hydrogen-bond acceptors (Lipinski definition) is 3. The maximum Gasteiger partial charge on any atom is 0.407 e. The van der Waals surface area contributed by atoms with Gasteiger partial charge in [-0.25, -0.2) is 4.79 Å². The second-order valence-corrected chi connectivity index (χ2v) is 3.32. The molecule has 4 nitrogen and oxygen atoms in total. The average molecular weight is 233 g/mol. The number of nitrogens with one attached hydrogen (secondary N) is 1. The molecule has 0 saturated heterocycles. The fourth-order valence-electron chi connectivity index (χ4n) is 1.23. The van der Waals surface area contributed by atoms with Crippen molar-refractivity contribution in [3.63, 3.8) is 0 Å². The average Bonchev–Trinajstić information content (AvgIpc) is 2.37. The van der Waals surface area contributed by atoms with Crippen LogP contribution in [0.15, 0.2) is 24.3 Å². The molecular weight excluding hydrogens is 218 g/mol. The molecule has 0 spiro atoms. The minimum atomic E-state index is -0.457. The quantitative estimate of drug-likeness (QED) is 0.773. The van der Waals surface area contributed by atoms with Gasteiger partial charge >= 0.3 is 6.09 Å². The number of methoxy groups -OCH3 is 1. The fourth-order valence-corrected chi connectivity index (χ4v) is 1.23. The molecule has 1 aromatic rings. The number of amides is 1. The highest BCUT2D eigenvalue weighted by Crippen LogP contribution is 2.04. The lowest BCUT2D eigenvalue weighted by atomic mass is 10.1. The second kappa shape index (κ2) is 7.31. The maximum absolute atomic E-state index is 10.9. The number of ether oxygens (including phenoxy) is 1. The van der Waals surface area contributed by atoms with Gasteiger partial charge in [0.15, 0.2) is 0 Å². The molecule has 0 fully saturated rings. The Hall–Kier alpha value is -1.99. The largest absolute Gasteiger partial charge is 0.453 e. The van der Waals surface area contributed by atoms with Crippen molar-refractivity contribution in [2.75, 3.05) is 13.7 Å². The van der Waals surface area contributed by atoms with E-state index in [9.17, 15) is 4.79 Å².